The number of halogens is 3. The number of hydrogen-bond donors (Lipinski definition) is 0. The summed E-state index contributed by atoms with van der Waals surface area (Å²) in [6.45, 7) is 13.6. The molecule has 2 fully saturated rings. The van der Waals surface area contributed by atoms with E-state index in [9.17, 15) is 18.0 Å². The third-order valence-corrected chi connectivity index (χ3v) is 8.19. The number of aromatic nitrogens is 1. The van der Waals surface area contributed by atoms with Crippen LogP contribution < -0.4 is 0 Å². The van der Waals surface area contributed by atoms with Gasteiger partial charge in [-0.1, -0.05) is 12.1 Å². The van der Waals surface area contributed by atoms with E-state index in [1.807, 2.05) is 24.8 Å². The van der Waals surface area contributed by atoms with Crippen molar-refractivity contribution in [3.63, 3.8) is 0 Å². The van der Waals surface area contributed by atoms with Crippen LogP contribution >= 0.6 is 0 Å². The Kier molecular flexibility index (Phi) is 7.76. The normalized spacial score (nSPS) is 21.5. The van der Waals surface area contributed by atoms with Gasteiger partial charge in [-0.05, 0) is 76.3 Å². The van der Waals surface area contributed by atoms with Crippen LogP contribution in [0.25, 0.3) is 0 Å². The number of carbonyl (C=O) groups is 1. The van der Waals surface area contributed by atoms with Crippen molar-refractivity contribution in [3.05, 3.63) is 64.5 Å². The maximum atomic E-state index is 13.2. The number of aryl methyl sites for hydroxylation is 2. The van der Waals surface area contributed by atoms with E-state index < -0.39 is 11.7 Å². The Hall–Kier alpha value is -2.45. The number of rotatable bonds is 5. The summed E-state index contributed by atoms with van der Waals surface area (Å²) >= 11 is 0. The highest BCUT2D eigenvalue weighted by molar-refractivity contribution is 5.96. The Labute approximate surface area is 212 Å². The van der Waals surface area contributed by atoms with E-state index in [2.05, 4.69) is 28.6 Å². The minimum absolute atomic E-state index is 0.0591. The molecule has 2 aliphatic rings. The number of amides is 1. The van der Waals surface area contributed by atoms with Crippen molar-refractivity contribution in [3.8, 4) is 0 Å². The van der Waals surface area contributed by atoms with Crippen molar-refractivity contribution in [2.24, 2.45) is 0 Å². The van der Waals surface area contributed by atoms with E-state index >= 15 is 0 Å². The molecule has 2 saturated heterocycles. The molecule has 0 bridgehead atoms. The zero-order chi connectivity index (χ0) is 26.1. The van der Waals surface area contributed by atoms with Gasteiger partial charge in [-0.3, -0.25) is 19.6 Å². The van der Waals surface area contributed by atoms with E-state index in [1.54, 1.807) is 18.3 Å². The Morgan fingerprint density at radius 3 is 2.31 bits per heavy atom. The third kappa shape index (κ3) is 5.75. The second-order valence-electron chi connectivity index (χ2n) is 10.7. The average Bonchev–Trinajstić information content (AvgIpc) is 2.83. The molecule has 2 aliphatic heterocycles. The number of alkyl halides is 3. The molecule has 1 aromatic carbocycles. The Morgan fingerprint density at radius 1 is 1.06 bits per heavy atom. The van der Waals surface area contributed by atoms with Gasteiger partial charge in [0.15, 0.2) is 0 Å². The fourth-order valence-electron chi connectivity index (χ4n) is 5.63. The van der Waals surface area contributed by atoms with Crippen LogP contribution in [0.3, 0.4) is 0 Å². The van der Waals surface area contributed by atoms with Crippen LogP contribution in [0.2, 0.25) is 0 Å². The molecule has 8 heteroatoms. The molecule has 0 aliphatic carbocycles. The quantitative estimate of drug-likeness (QED) is 0.580. The van der Waals surface area contributed by atoms with Crippen LogP contribution in [0.5, 0.6) is 0 Å². The number of pyridine rings is 1. The Morgan fingerprint density at radius 2 is 1.72 bits per heavy atom. The van der Waals surface area contributed by atoms with Gasteiger partial charge >= 0.3 is 6.18 Å². The lowest BCUT2D eigenvalue weighted by atomic mass is 9.86. The molecule has 0 N–H and O–H groups in total. The van der Waals surface area contributed by atoms with Gasteiger partial charge in [0.2, 0.25) is 0 Å². The highest BCUT2D eigenvalue weighted by Gasteiger charge is 2.40. The molecule has 2 aromatic rings. The fourth-order valence-corrected chi connectivity index (χ4v) is 5.63. The van der Waals surface area contributed by atoms with Gasteiger partial charge in [0.1, 0.15) is 0 Å². The highest BCUT2D eigenvalue weighted by atomic mass is 19.4. The van der Waals surface area contributed by atoms with Crippen molar-refractivity contribution in [1.82, 2.24) is 19.7 Å². The van der Waals surface area contributed by atoms with Gasteiger partial charge in [0, 0.05) is 57.0 Å². The van der Waals surface area contributed by atoms with Crippen LogP contribution in [0.1, 0.15) is 59.4 Å². The summed E-state index contributed by atoms with van der Waals surface area (Å²) in [6.07, 6.45) is 0.0767. The third-order valence-electron chi connectivity index (χ3n) is 8.19. The summed E-state index contributed by atoms with van der Waals surface area (Å²) < 4.78 is 38.4. The molecule has 5 nitrogen and oxygen atoms in total. The molecule has 4 rings (SSSR count). The lowest BCUT2D eigenvalue weighted by Crippen LogP contribution is -2.62. The second kappa shape index (κ2) is 10.5. The van der Waals surface area contributed by atoms with E-state index in [0.29, 0.717) is 6.04 Å². The first-order chi connectivity index (χ1) is 17.0. The largest absolute Gasteiger partial charge is 0.416 e. The standard InChI is InChI=1S/C28H37F3N4O/c1-20-9-13-32-22(3)25(20)26(36)34-15-11-27(4,12-16-34)35-18-17-33(21(2)19-35)14-10-23-5-7-24(8-6-23)28(29,30)31/h5-9,13,21H,10-12,14-19H2,1-4H3/t21-/m0/s1. The number of carbonyl (C=O) groups excluding carboxylic acids is 1. The molecule has 36 heavy (non-hydrogen) atoms. The summed E-state index contributed by atoms with van der Waals surface area (Å²) in [4.78, 5) is 24.5. The molecular weight excluding hydrogens is 465 g/mol. The van der Waals surface area contributed by atoms with Gasteiger partial charge in [0.25, 0.3) is 5.91 Å². The summed E-state index contributed by atoms with van der Waals surface area (Å²) in [7, 11) is 0. The van der Waals surface area contributed by atoms with E-state index in [0.717, 1.165) is 80.9 Å². The molecule has 1 amide bonds. The van der Waals surface area contributed by atoms with Crippen molar-refractivity contribution in [2.75, 3.05) is 39.3 Å². The van der Waals surface area contributed by atoms with Crippen molar-refractivity contribution in [2.45, 2.75) is 64.7 Å². The highest BCUT2D eigenvalue weighted by Crippen LogP contribution is 2.32. The van der Waals surface area contributed by atoms with Gasteiger partial charge in [0.05, 0.1) is 16.8 Å². The van der Waals surface area contributed by atoms with Gasteiger partial charge < -0.3 is 4.90 Å². The molecule has 1 aromatic heterocycles. The maximum absolute atomic E-state index is 13.2. The number of nitrogens with zero attached hydrogens (tertiary/aromatic N) is 4. The van der Waals surface area contributed by atoms with Crippen LogP contribution in [0.4, 0.5) is 13.2 Å². The molecule has 0 unspecified atom stereocenters. The first-order valence-corrected chi connectivity index (χ1v) is 12.8. The minimum atomic E-state index is -4.29. The number of piperazine rings is 1. The summed E-state index contributed by atoms with van der Waals surface area (Å²) in [5, 5.41) is 0. The predicted octanol–water partition coefficient (Wildman–Crippen LogP) is 4.96. The monoisotopic (exact) mass is 502 g/mol. The van der Waals surface area contributed by atoms with Crippen molar-refractivity contribution < 1.29 is 18.0 Å². The Bertz CT molecular complexity index is 1040. The van der Waals surface area contributed by atoms with Gasteiger partial charge in [-0.15, -0.1) is 0 Å². The van der Waals surface area contributed by atoms with Gasteiger partial charge in [-0.2, -0.15) is 13.2 Å². The Balaban J connectivity index is 1.29. The smallest absolute Gasteiger partial charge is 0.338 e. The number of benzene rings is 1. The number of likely N-dealkylation sites (tertiary alicyclic amines) is 1. The molecule has 3 heterocycles. The SMILES string of the molecule is Cc1ccnc(C)c1C(=O)N1CCC(C)(N2CCN(CCc3ccc(C(F)(F)F)cc3)[C@@H](C)C2)CC1. The molecule has 0 spiro atoms. The van der Waals surface area contributed by atoms with E-state index in [-0.39, 0.29) is 11.4 Å². The second-order valence-corrected chi connectivity index (χ2v) is 10.7. The summed E-state index contributed by atoms with van der Waals surface area (Å²) in [6, 6.07) is 7.79. The van der Waals surface area contributed by atoms with Crippen molar-refractivity contribution in [1.29, 1.82) is 0 Å². The zero-order valence-corrected chi connectivity index (χ0v) is 21.7. The van der Waals surface area contributed by atoms with E-state index in [1.165, 1.54) is 12.1 Å². The first-order valence-electron chi connectivity index (χ1n) is 12.8. The van der Waals surface area contributed by atoms with Crippen LogP contribution in [-0.2, 0) is 12.6 Å². The summed E-state index contributed by atoms with van der Waals surface area (Å²) in [5.74, 6) is 0.0848. The number of piperidine rings is 1. The fraction of sp³-hybridized carbons (Fsp3) is 0.571. The molecule has 0 saturated carbocycles. The maximum Gasteiger partial charge on any atom is 0.416 e. The first kappa shape index (κ1) is 26.6. The average molecular weight is 503 g/mol. The summed E-state index contributed by atoms with van der Waals surface area (Å²) in [5.41, 5.74) is 2.89. The molecular formula is C28H37F3N4O. The zero-order valence-electron chi connectivity index (χ0n) is 21.7. The number of hydrogen-bond acceptors (Lipinski definition) is 4. The molecule has 1 atom stereocenters. The van der Waals surface area contributed by atoms with Crippen LogP contribution in [0, 0.1) is 13.8 Å². The molecule has 0 radical (unpaired) electrons. The molecule has 196 valence electrons. The lowest BCUT2D eigenvalue weighted by Gasteiger charge is -2.51. The predicted molar refractivity (Wildman–Crippen MR) is 135 cm³/mol. The van der Waals surface area contributed by atoms with Crippen LogP contribution in [0.15, 0.2) is 36.5 Å². The minimum Gasteiger partial charge on any atom is -0.338 e. The van der Waals surface area contributed by atoms with E-state index in [4.69, 9.17) is 0 Å². The topological polar surface area (TPSA) is 39.7 Å². The lowest BCUT2D eigenvalue weighted by molar-refractivity contribution is -0.137. The van der Waals surface area contributed by atoms with Gasteiger partial charge in [-0.25, -0.2) is 0 Å². The van der Waals surface area contributed by atoms with Crippen molar-refractivity contribution >= 4 is 5.91 Å². The van der Waals surface area contributed by atoms with Crippen LogP contribution in [-0.4, -0.2) is 76.4 Å².